The average molecular weight is 516 g/mol. The Bertz CT molecular complexity index is 1380. The van der Waals surface area contributed by atoms with Gasteiger partial charge in [0.05, 0.1) is 10.6 Å². The van der Waals surface area contributed by atoms with Crippen LogP contribution in [-0.2, 0) is 16.4 Å². The lowest BCUT2D eigenvalue weighted by Crippen LogP contribution is -2.22. The second-order valence-corrected chi connectivity index (χ2v) is 10.4. The van der Waals surface area contributed by atoms with Crippen LogP contribution in [0.1, 0.15) is 16.0 Å². The molecule has 1 aromatic carbocycles. The molecule has 12 heteroatoms. The predicted octanol–water partition coefficient (Wildman–Crippen LogP) is 5.51. The van der Waals surface area contributed by atoms with Crippen molar-refractivity contribution in [1.29, 1.82) is 5.41 Å². The highest BCUT2D eigenvalue weighted by molar-refractivity contribution is 7.90. The summed E-state index contributed by atoms with van der Waals surface area (Å²) in [4.78, 5) is 4.89. The zero-order valence-electron chi connectivity index (χ0n) is 17.8. The van der Waals surface area contributed by atoms with Crippen molar-refractivity contribution in [3.63, 3.8) is 0 Å². The van der Waals surface area contributed by atoms with Crippen LogP contribution in [0.25, 0.3) is 16.1 Å². The van der Waals surface area contributed by atoms with Crippen LogP contribution in [0.2, 0.25) is 0 Å². The van der Waals surface area contributed by atoms with E-state index in [0.29, 0.717) is 33.0 Å². The molecule has 0 aliphatic carbocycles. The van der Waals surface area contributed by atoms with Crippen LogP contribution < -0.4 is 5.32 Å². The fourth-order valence-electron chi connectivity index (χ4n) is 3.01. The minimum absolute atomic E-state index is 0.0267. The SMILES string of the molecule is Cc1cc(-c2ccc(/C(=C/C(=N)C(F)(F)F)NCc3ccc(F)cc3F)s2)cnc1S(C)(=O)=O. The second kappa shape index (κ2) is 9.63. The van der Waals surface area contributed by atoms with Crippen molar-refractivity contribution in [2.24, 2.45) is 0 Å². The molecule has 2 heterocycles. The highest BCUT2D eigenvalue weighted by Gasteiger charge is 2.33. The maximum atomic E-state index is 14.0. The van der Waals surface area contributed by atoms with E-state index >= 15 is 0 Å². The van der Waals surface area contributed by atoms with Gasteiger partial charge in [0.15, 0.2) is 14.9 Å². The third kappa shape index (κ3) is 6.06. The minimum atomic E-state index is -4.89. The third-order valence-corrected chi connectivity index (χ3v) is 6.91. The molecule has 0 saturated heterocycles. The first kappa shape index (κ1) is 25.5. The van der Waals surface area contributed by atoms with E-state index in [1.807, 2.05) is 0 Å². The van der Waals surface area contributed by atoms with Crippen LogP contribution >= 0.6 is 11.3 Å². The number of aryl methyl sites for hydroxylation is 1. The summed E-state index contributed by atoms with van der Waals surface area (Å²) in [6.45, 7) is 1.33. The first-order valence-corrected chi connectivity index (χ1v) is 12.3. The molecule has 0 bridgehead atoms. The number of allylic oxidation sites excluding steroid dienone is 1. The summed E-state index contributed by atoms with van der Waals surface area (Å²) in [5.74, 6) is -1.65. The quantitative estimate of drug-likeness (QED) is 0.321. The molecule has 0 fully saturated rings. The first-order chi connectivity index (χ1) is 15.8. The predicted molar refractivity (Wildman–Crippen MR) is 120 cm³/mol. The van der Waals surface area contributed by atoms with Crippen LogP contribution in [0.3, 0.4) is 0 Å². The van der Waals surface area contributed by atoms with Gasteiger partial charge >= 0.3 is 6.18 Å². The maximum absolute atomic E-state index is 14.0. The number of sulfone groups is 1. The Morgan fingerprint density at radius 3 is 2.47 bits per heavy atom. The number of nitrogens with zero attached hydrogens (tertiary/aromatic N) is 1. The van der Waals surface area contributed by atoms with E-state index < -0.39 is 33.4 Å². The molecule has 180 valence electrons. The zero-order chi connectivity index (χ0) is 25.3. The molecule has 3 rings (SSSR count). The maximum Gasteiger partial charge on any atom is 0.432 e. The van der Waals surface area contributed by atoms with E-state index in [1.165, 1.54) is 18.3 Å². The molecule has 5 nitrogen and oxygen atoms in total. The summed E-state index contributed by atoms with van der Waals surface area (Å²) < 4.78 is 89.6. The standard InChI is InChI=1S/C22H18F5N3O2S2/c1-12-7-14(11-30-21(12)34(2,31)32)18-5-6-19(33-18)17(9-20(28)22(25,26)27)29-10-13-3-4-15(23)8-16(13)24/h3-9,11,28-29H,10H2,1-2H3/b17-9-,28-20?. The van der Waals surface area contributed by atoms with Gasteiger partial charge < -0.3 is 5.32 Å². The molecule has 0 aliphatic heterocycles. The van der Waals surface area contributed by atoms with E-state index in [-0.39, 0.29) is 22.8 Å². The molecule has 2 N–H and O–H groups in total. The van der Waals surface area contributed by atoms with Gasteiger partial charge in [-0.1, -0.05) is 6.07 Å². The fraction of sp³-hybridized carbons (Fsp3) is 0.182. The topological polar surface area (TPSA) is 82.9 Å². The number of alkyl halides is 3. The average Bonchev–Trinajstić information content (AvgIpc) is 3.20. The molecule has 2 aromatic heterocycles. The van der Waals surface area contributed by atoms with Gasteiger partial charge in [0.2, 0.25) is 0 Å². The van der Waals surface area contributed by atoms with E-state index in [1.54, 1.807) is 19.1 Å². The van der Waals surface area contributed by atoms with Gasteiger partial charge in [0.1, 0.15) is 17.3 Å². The summed E-state index contributed by atoms with van der Waals surface area (Å²) in [7, 11) is -3.52. The van der Waals surface area contributed by atoms with Crippen LogP contribution in [-0.4, -0.2) is 31.5 Å². The molecule has 0 unspecified atom stereocenters. The molecule has 0 aliphatic rings. The Morgan fingerprint density at radius 2 is 1.88 bits per heavy atom. The lowest BCUT2D eigenvalue weighted by Gasteiger charge is -2.12. The van der Waals surface area contributed by atoms with Crippen molar-refractivity contribution in [3.8, 4) is 10.4 Å². The number of benzene rings is 1. The number of nitrogens with one attached hydrogen (secondary N) is 2. The van der Waals surface area contributed by atoms with Gasteiger partial charge in [-0.05, 0) is 42.8 Å². The monoisotopic (exact) mass is 515 g/mol. The van der Waals surface area contributed by atoms with Crippen LogP contribution in [0.15, 0.2) is 53.7 Å². The normalized spacial score (nSPS) is 12.6. The smallest absolute Gasteiger partial charge is 0.380 e. The first-order valence-electron chi connectivity index (χ1n) is 9.58. The fourth-order valence-corrected chi connectivity index (χ4v) is 4.88. The Kier molecular flexibility index (Phi) is 7.22. The summed E-state index contributed by atoms with van der Waals surface area (Å²) in [6, 6.07) is 7.59. The van der Waals surface area contributed by atoms with Gasteiger partial charge in [0, 0.05) is 41.1 Å². The highest BCUT2D eigenvalue weighted by Crippen LogP contribution is 2.33. The Morgan fingerprint density at radius 1 is 1.18 bits per heavy atom. The van der Waals surface area contributed by atoms with Crippen molar-refractivity contribution in [2.75, 3.05) is 6.26 Å². The number of thiophene rings is 1. The Labute approximate surface area is 196 Å². The number of rotatable bonds is 7. The zero-order valence-corrected chi connectivity index (χ0v) is 19.4. The van der Waals surface area contributed by atoms with Gasteiger partial charge in [-0.2, -0.15) is 13.2 Å². The third-order valence-electron chi connectivity index (χ3n) is 4.62. The Hall–Kier alpha value is -3.12. The van der Waals surface area contributed by atoms with Crippen LogP contribution in [0.4, 0.5) is 22.0 Å². The van der Waals surface area contributed by atoms with Gasteiger partial charge in [-0.3, -0.25) is 5.41 Å². The molecular formula is C22H18F5N3O2S2. The molecule has 0 amide bonds. The Balaban J connectivity index is 1.95. The van der Waals surface area contributed by atoms with Crippen molar-refractivity contribution < 1.29 is 30.4 Å². The van der Waals surface area contributed by atoms with E-state index in [4.69, 9.17) is 5.41 Å². The lowest BCUT2D eigenvalue weighted by atomic mass is 10.2. The number of pyridine rings is 1. The number of aromatic nitrogens is 1. The lowest BCUT2D eigenvalue weighted by molar-refractivity contribution is -0.0584. The number of halogens is 5. The van der Waals surface area contributed by atoms with Gasteiger partial charge in [-0.15, -0.1) is 11.3 Å². The van der Waals surface area contributed by atoms with Crippen LogP contribution in [0.5, 0.6) is 0 Å². The number of hydrogen-bond donors (Lipinski definition) is 2. The van der Waals surface area contributed by atoms with Crippen molar-refractivity contribution >= 4 is 32.6 Å². The summed E-state index contributed by atoms with van der Waals surface area (Å²) in [6.07, 6.45) is -1.92. The second-order valence-electron chi connectivity index (χ2n) is 7.34. The largest absolute Gasteiger partial charge is 0.432 e. The molecular weight excluding hydrogens is 497 g/mol. The van der Waals surface area contributed by atoms with Crippen molar-refractivity contribution in [2.45, 2.75) is 24.7 Å². The summed E-state index contributed by atoms with van der Waals surface area (Å²) >= 11 is 1.07. The molecule has 0 saturated carbocycles. The molecule has 34 heavy (non-hydrogen) atoms. The summed E-state index contributed by atoms with van der Waals surface area (Å²) in [5, 5.41) is 9.95. The highest BCUT2D eigenvalue weighted by atomic mass is 32.2. The van der Waals surface area contributed by atoms with E-state index in [2.05, 4.69) is 10.3 Å². The number of hydrogen-bond acceptors (Lipinski definition) is 6. The summed E-state index contributed by atoms with van der Waals surface area (Å²) in [5.41, 5.74) is -0.705. The van der Waals surface area contributed by atoms with Gasteiger partial charge in [0.25, 0.3) is 0 Å². The van der Waals surface area contributed by atoms with E-state index in [9.17, 15) is 30.4 Å². The minimum Gasteiger partial charge on any atom is -0.380 e. The molecule has 0 radical (unpaired) electrons. The molecule has 3 aromatic rings. The van der Waals surface area contributed by atoms with E-state index in [0.717, 1.165) is 23.7 Å². The van der Waals surface area contributed by atoms with Gasteiger partial charge in [-0.25, -0.2) is 22.2 Å². The van der Waals surface area contributed by atoms with Crippen LogP contribution in [0, 0.1) is 24.0 Å². The molecule has 0 spiro atoms. The van der Waals surface area contributed by atoms with Crippen molar-refractivity contribution in [1.82, 2.24) is 10.3 Å². The van der Waals surface area contributed by atoms with Crippen molar-refractivity contribution in [3.05, 3.63) is 76.3 Å². The molecule has 0 atom stereocenters.